The van der Waals surface area contributed by atoms with Crippen LogP contribution in [0.3, 0.4) is 0 Å². The summed E-state index contributed by atoms with van der Waals surface area (Å²) >= 11 is 0. The van der Waals surface area contributed by atoms with E-state index in [1.54, 1.807) is 20.2 Å². The number of carbonyl (C=O) groups is 2. The Hall–Kier alpha value is -2.11. The Morgan fingerprint density at radius 3 is 2.58 bits per heavy atom. The van der Waals surface area contributed by atoms with Gasteiger partial charge in [-0.3, -0.25) is 4.79 Å². The molecule has 104 valence electrons. The molecule has 19 heavy (non-hydrogen) atoms. The molecule has 0 unspecified atom stereocenters. The maximum absolute atomic E-state index is 11.8. The minimum Gasteiger partial charge on any atom is -0.477 e. The van der Waals surface area contributed by atoms with E-state index in [2.05, 4.69) is 4.98 Å². The second kappa shape index (κ2) is 6.72. The first kappa shape index (κ1) is 14.9. The number of aromatic carboxylic acids is 1. The summed E-state index contributed by atoms with van der Waals surface area (Å²) in [4.78, 5) is 29.8. The number of carboxylic acids is 1. The number of rotatable bonds is 6. The normalized spacial score (nSPS) is 10.1. The highest BCUT2D eigenvalue weighted by Crippen LogP contribution is 2.15. The van der Waals surface area contributed by atoms with Crippen LogP contribution in [-0.4, -0.2) is 54.1 Å². The lowest BCUT2D eigenvalue weighted by Crippen LogP contribution is -2.37. The van der Waals surface area contributed by atoms with Gasteiger partial charge in [0.05, 0.1) is 6.54 Å². The maximum Gasteiger partial charge on any atom is 0.354 e. The van der Waals surface area contributed by atoms with E-state index in [-0.39, 0.29) is 18.1 Å². The zero-order chi connectivity index (χ0) is 14.4. The number of pyridine rings is 1. The van der Waals surface area contributed by atoms with Crippen molar-refractivity contribution in [2.75, 3.05) is 32.1 Å². The van der Waals surface area contributed by atoms with E-state index in [4.69, 9.17) is 5.11 Å². The van der Waals surface area contributed by atoms with E-state index in [0.29, 0.717) is 12.2 Å². The molecule has 1 amide bonds. The lowest BCUT2D eigenvalue weighted by Gasteiger charge is -2.25. The molecule has 1 heterocycles. The summed E-state index contributed by atoms with van der Waals surface area (Å²) in [7, 11) is 3.39. The number of hydrogen-bond acceptors (Lipinski definition) is 4. The van der Waals surface area contributed by atoms with Crippen LogP contribution in [0.2, 0.25) is 0 Å². The predicted octanol–water partition coefficient (Wildman–Crippen LogP) is 1.08. The topological polar surface area (TPSA) is 73.7 Å². The molecule has 0 atom stereocenters. The van der Waals surface area contributed by atoms with Gasteiger partial charge in [0.25, 0.3) is 0 Å². The van der Waals surface area contributed by atoms with Crippen molar-refractivity contribution >= 4 is 17.6 Å². The molecule has 0 saturated carbocycles. The predicted molar refractivity (Wildman–Crippen MR) is 72.4 cm³/mol. The fourth-order valence-corrected chi connectivity index (χ4v) is 1.61. The summed E-state index contributed by atoms with van der Waals surface area (Å²) in [6.07, 6.45) is 2.31. The Labute approximate surface area is 112 Å². The van der Waals surface area contributed by atoms with Crippen LogP contribution in [0.1, 0.15) is 23.8 Å². The van der Waals surface area contributed by atoms with E-state index in [1.165, 1.54) is 17.2 Å². The van der Waals surface area contributed by atoms with Gasteiger partial charge < -0.3 is 14.9 Å². The molecule has 6 heteroatoms. The van der Waals surface area contributed by atoms with E-state index in [9.17, 15) is 9.59 Å². The molecule has 0 aliphatic heterocycles. The van der Waals surface area contributed by atoms with Gasteiger partial charge in [-0.15, -0.1) is 0 Å². The fourth-order valence-electron chi connectivity index (χ4n) is 1.61. The Balaban J connectivity index is 2.95. The molecule has 1 aromatic rings. The van der Waals surface area contributed by atoms with Gasteiger partial charge in [0.2, 0.25) is 5.91 Å². The Bertz CT molecular complexity index is 460. The van der Waals surface area contributed by atoms with Crippen LogP contribution in [0, 0.1) is 0 Å². The largest absolute Gasteiger partial charge is 0.477 e. The standard InChI is InChI=1S/C13H19N3O3/c1-4-7-16(9-12(17)15(2)3)10-5-6-14-11(8-10)13(18)19/h5-6,8H,4,7,9H2,1-3H3,(H,18,19). The molecule has 0 radical (unpaired) electrons. The van der Waals surface area contributed by atoms with Crippen LogP contribution in [-0.2, 0) is 4.79 Å². The number of hydrogen-bond donors (Lipinski definition) is 1. The summed E-state index contributed by atoms with van der Waals surface area (Å²) in [5, 5.41) is 8.93. The molecule has 0 aliphatic rings. The van der Waals surface area contributed by atoms with Crippen LogP contribution < -0.4 is 4.90 Å². The van der Waals surface area contributed by atoms with Crippen LogP contribution in [0.15, 0.2) is 18.3 Å². The van der Waals surface area contributed by atoms with E-state index < -0.39 is 5.97 Å². The first-order chi connectivity index (χ1) is 8.95. The SMILES string of the molecule is CCCN(CC(=O)N(C)C)c1ccnc(C(=O)O)c1. The van der Waals surface area contributed by atoms with Crippen molar-refractivity contribution in [2.24, 2.45) is 0 Å². The number of amides is 1. The summed E-state index contributed by atoms with van der Waals surface area (Å²) in [6.45, 7) is 2.92. The molecular formula is C13H19N3O3. The van der Waals surface area contributed by atoms with Gasteiger partial charge >= 0.3 is 5.97 Å². The summed E-state index contributed by atoms with van der Waals surface area (Å²) in [5.74, 6) is -1.10. The average molecular weight is 265 g/mol. The second-order valence-electron chi connectivity index (χ2n) is 4.41. The van der Waals surface area contributed by atoms with Crippen molar-refractivity contribution in [3.63, 3.8) is 0 Å². The number of nitrogens with zero attached hydrogens (tertiary/aromatic N) is 3. The summed E-state index contributed by atoms with van der Waals surface area (Å²) in [6, 6.07) is 3.20. The molecule has 0 aliphatic carbocycles. The van der Waals surface area contributed by atoms with Gasteiger partial charge in [-0.2, -0.15) is 0 Å². The minimum absolute atomic E-state index is 0.0177. The Morgan fingerprint density at radius 1 is 1.37 bits per heavy atom. The Kier molecular flexibility index (Phi) is 5.29. The van der Waals surface area contributed by atoms with Crippen LogP contribution in [0.5, 0.6) is 0 Å². The fraction of sp³-hybridized carbons (Fsp3) is 0.462. The minimum atomic E-state index is -1.07. The first-order valence-electron chi connectivity index (χ1n) is 6.10. The molecule has 0 fully saturated rings. The van der Waals surface area contributed by atoms with Gasteiger partial charge in [0, 0.05) is 32.5 Å². The van der Waals surface area contributed by atoms with Gasteiger partial charge in [-0.05, 0) is 18.6 Å². The van der Waals surface area contributed by atoms with Crippen LogP contribution in [0.4, 0.5) is 5.69 Å². The van der Waals surface area contributed by atoms with Gasteiger partial charge in [-0.25, -0.2) is 9.78 Å². The van der Waals surface area contributed by atoms with Crippen molar-refractivity contribution in [2.45, 2.75) is 13.3 Å². The van der Waals surface area contributed by atoms with Gasteiger partial charge in [0.15, 0.2) is 0 Å². The highest BCUT2D eigenvalue weighted by Gasteiger charge is 2.14. The Morgan fingerprint density at radius 2 is 2.05 bits per heavy atom. The van der Waals surface area contributed by atoms with Crippen molar-refractivity contribution in [3.8, 4) is 0 Å². The smallest absolute Gasteiger partial charge is 0.354 e. The average Bonchev–Trinajstić information content (AvgIpc) is 2.38. The molecule has 1 N–H and O–H groups in total. The molecule has 6 nitrogen and oxygen atoms in total. The monoisotopic (exact) mass is 265 g/mol. The second-order valence-corrected chi connectivity index (χ2v) is 4.41. The lowest BCUT2D eigenvalue weighted by atomic mass is 10.2. The van der Waals surface area contributed by atoms with Crippen molar-refractivity contribution in [1.29, 1.82) is 0 Å². The molecule has 0 spiro atoms. The molecule has 0 saturated heterocycles. The number of aromatic nitrogens is 1. The quantitative estimate of drug-likeness (QED) is 0.833. The lowest BCUT2D eigenvalue weighted by molar-refractivity contribution is -0.127. The summed E-state index contributed by atoms with van der Waals surface area (Å²) in [5.41, 5.74) is 0.681. The van der Waals surface area contributed by atoms with Gasteiger partial charge in [0.1, 0.15) is 5.69 Å². The summed E-state index contributed by atoms with van der Waals surface area (Å²) < 4.78 is 0. The van der Waals surface area contributed by atoms with E-state index >= 15 is 0 Å². The number of carboxylic acid groups (broad SMARTS) is 1. The molecular weight excluding hydrogens is 246 g/mol. The maximum atomic E-state index is 11.8. The van der Waals surface area contributed by atoms with Crippen LogP contribution in [0.25, 0.3) is 0 Å². The number of carbonyl (C=O) groups excluding carboxylic acids is 1. The van der Waals surface area contributed by atoms with Crippen LogP contribution >= 0.6 is 0 Å². The molecule has 0 aromatic carbocycles. The van der Waals surface area contributed by atoms with Crippen molar-refractivity contribution in [1.82, 2.24) is 9.88 Å². The third-order valence-electron chi connectivity index (χ3n) is 2.65. The highest BCUT2D eigenvalue weighted by molar-refractivity contribution is 5.87. The third-order valence-corrected chi connectivity index (χ3v) is 2.65. The number of anilines is 1. The molecule has 1 aromatic heterocycles. The van der Waals surface area contributed by atoms with Crippen molar-refractivity contribution in [3.05, 3.63) is 24.0 Å². The molecule has 1 rings (SSSR count). The van der Waals surface area contributed by atoms with Gasteiger partial charge in [-0.1, -0.05) is 6.92 Å². The first-order valence-corrected chi connectivity index (χ1v) is 6.10. The highest BCUT2D eigenvalue weighted by atomic mass is 16.4. The zero-order valence-electron chi connectivity index (χ0n) is 11.5. The van der Waals surface area contributed by atoms with E-state index in [1.807, 2.05) is 11.8 Å². The number of likely N-dealkylation sites (N-methyl/N-ethyl adjacent to an activating group) is 1. The molecule has 0 bridgehead atoms. The zero-order valence-corrected chi connectivity index (χ0v) is 11.5. The van der Waals surface area contributed by atoms with Crippen molar-refractivity contribution < 1.29 is 14.7 Å². The van der Waals surface area contributed by atoms with E-state index in [0.717, 1.165) is 6.42 Å². The third kappa shape index (κ3) is 4.24.